The molecule has 0 aromatic heterocycles. The van der Waals surface area contributed by atoms with E-state index in [2.05, 4.69) is 21.2 Å². The van der Waals surface area contributed by atoms with Crippen LogP contribution in [0.25, 0.3) is 0 Å². The number of rotatable bonds is 2. The molecule has 1 rings (SSSR count). The number of nitrogens with one attached hydrogen (secondary N) is 1. The van der Waals surface area contributed by atoms with Crippen LogP contribution in [-0.2, 0) is 11.3 Å². The Kier molecular flexibility index (Phi) is 4.40. The van der Waals surface area contributed by atoms with Gasteiger partial charge in [0.1, 0.15) is 11.4 Å². The molecule has 0 heterocycles. The number of benzene rings is 1. The quantitative estimate of drug-likeness (QED) is 0.882. The van der Waals surface area contributed by atoms with Gasteiger partial charge in [0, 0.05) is 11.0 Å². The summed E-state index contributed by atoms with van der Waals surface area (Å²) in [5, 5.41) is 11.9. The highest BCUT2D eigenvalue weighted by Gasteiger charge is 2.15. The van der Waals surface area contributed by atoms with E-state index in [4.69, 9.17) is 4.74 Å². The fourth-order valence-corrected chi connectivity index (χ4v) is 1.56. The van der Waals surface area contributed by atoms with Crippen molar-refractivity contribution in [3.8, 4) is 5.75 Å². The van der Waals surface area contributed by atoms with Crippen molar-refractivity contribution in [2.24, 2.45) is 0 Å². The van der Waals surface area contributed by atoms with E-state index in [0.29, 0.717) is 6.54 Å². The molecule has 0 fully saturated rings. The molecule has 0 saturated carbocycles. The van der Waals surface area contributed by atoms with Crippen LogP contribution in [0.15, 0.2) is 22.7 Å². The summed E-state index contributed by atoms with van der Waals surface area (Å²) in [6.45, 7) is 5.70. The molecule has 0 bridgehead atoms. The van der Waals surface area contributed by atoms with Crippen LogP contribution in [0.5, 0.6) is 5.75 Å². The summed E-state index contributed by atoms with van der Waals surface area (Å²) in [5.74, 6) is 0.161. The third kappa shape index (κ3) is 5.08. The van der Waals surface area contributed by atoms with Crippen molar-refractivity contribution in [1.29, 1.82) is 0 Å². The molecule has 0 atom stereocenters. The predicted octanol–water partition coefficient (Wildman–Crippen LogP) is 3.18. The summed E-state index contributed by atoms with van der Waals surface area (Å²) in [7, 11) is 0. The van der Waals surface area contributed by atoms with E-state index >= 15 is 0 Å². The lowest BCUT2D eigenvalue weighted by Gasteiger charge is -2.19. The molecule has 0 aliphatic carbocycles. The number of aromatic hydroxyl groups is 1. The lowest BCUT2D eigenvalue weighted by atomic mass is 10.2. The molecule has 0 radical (unpaired) electrons. The third-order valence-corrected chi connectivity index (χ3v) is 2.62. The SMILES string of the molecule is CC(C)(C)OC(=O)NCc1cc(O)ccc1Br. The molecule has 0 unspecified atom stereocenters. The molecule has 1 aromatic rings. The van der Waals surface area contributed by atoms with Crippen LogP contribution in [0.1, 0.15) is 26.3 Å². The van der Waals surface area contributed by atoms with E-state index in [-0.39, 0.29) is 5.75 Å². The standard InChI is InChI=1S/C12H16BrNO3/c1-12(2,3)17-11(16)14-7-8-6-9(15)4-5-10(8)13/h4-6,15H,7H2,1-3H3,(H,14,16). The van der Waals surface area contributed by atoms with E-state index < -0.39 is 11.7 Å². The summed E-state index contributed by atoms with van der Waals surface area (Å²) in [6.07, 6.45) is -0.479. The molecule has 0 saturated heterocycles. The van der Waals surface area contributed by atoms with Crippen molar-refractivity contribution in [2.75, 3.05) is 0 Å². The van der Waals surface area contributed by atoms with Gasteiger partial charge >= 0.3 is 6.09 Å². The van der Waals surface area contributed by atoms with Crippen LogP contribution < -0.4 is 5.32 Å². The first-order valence-electron chi connectivity index (χ1n) is 5.22. The zero-order valence-electron chi connectivity index (χ0n) is 10.1. The van der Waals surface area contributed by atoms with Crippen LogP contribution in [0.3, 0.4) is 0 Å². The lowest BCUT2D eigenvalue weighted by Crippen LogP contribution is -2.32. The number of ether oxygens (including phenoxy) is 1. The Balaban J connectivity index is 2.56. The molecule has 0 spiro atoms. The van der Waals surface area contributed by atoms with Gasteiger partial charge in [0.15, 0.2) is 0 Å². The minimum atomic E-state index is -0.514. The van der Waals surface area contributed by atoms with E-state index in [1.54, 1.807) is 39.0 Å². The topological polar surface area (TPSA) is 58.6 Å². The second-order valence-electron chi connectivity index (χ2n) is 4.63. The van der Waals surface area contributed by atoms with E-state index in [9.17, 15) is 9.90 Å². The molecular formula is C12H16BrNO3. The van der Waals surface area contributed by atoms with Gasteiger partial charge in [-0.15, -0.1) is 0 Å². The molecular weight excluding hydrogens is 286 g/mol. The van der Waals surface area contributed by atoms with Gasteiger partial charge in [-0.3, -0.25) is 0 Å². The van der Waals surface area contributed by atoms with Crippen LogP contribution in [0.2, 0.25) is 0 Å². The highest BCUT2D eigenvalue weighted by atomic mass is 79.9. The molecule has 17 heavy (non-hydrogen) atoms. The number of hydrogen-bond donors (Lipinski definition) is 2. The molecule has 1 aromatic carbocycles. The van der Waals surface area contributed by atoms with Crippen LogP contribution in [-0.4, -0.2) is 16.8 Å². The van der Waals surface area contributed by atoms with Crippen LogP contribution >= 0.6 is 15.9 Å². The maximum absolute atomic E-state index is 11.4. The Morgan fingerprint density at radius 3 is 2.71 bits per heavy atom. The second kappa shape index (κ2) is 5.40. The van der Waals surface area contributed by atoms with E-state index in [1.165, 1.54) is 0 Å². The Morgan fingerprint density at radius 1 is 1.47 bits per heavy atom. The van der Waals surface area contributed by atoms with E-state index in [0.717, 1.165) is 10.0 Å². The van der Waals surface area contributed by atoms with Crippen molar-refractivity contribution in [3.63, 3.8) is 0 Å². The Labute approximate surface area is 109 Å². The summed E-state index contributed by atoms with van der Waals surface area (Å²) < 4.78 is 5.93. The van der Waals surface area contributed by atoms with Gasteiger partial charge in [-0.05, 0) is 44.5 Å². The fourth-order valence-electron chi connectivity index (χ4n) is 1.18. The normalized spacial score (nSPS) is 11.1. The predicted molar refractivity (Wildman–Crippen MR) is 68.9 cm³/mol. The zero-order valence-corrected chi connectivity index (χ0v) is 11.7. The van der Waals surface area contributed by atoms with Crippen molar-refractivity contribution >= 4 is 22.0 Å². The van der Waals surface area contributed by atoms with Crippen molar-refractivity contribution < 1.29 is 14.6 Å². The molecule has 94 valence electrons. The van der Waals surface area contributed by atoms with Gasteiger partial charge in [0.05, 0.1) is 0 Å². The minimum absolute atomic E-state index is 0.161. The number of phenolic OH excluding ortho intramolecular Hbond substituents is 1. The minimum Gasteiger partial charge on any atom is -0.508 e. The number of hydrogen-bond acceptors (Lipinski definition) is 3. The third-order valence-electron chi connectivity index (χ3n) is 1.85. The number of alkyl carbamates (subject to hydrolysis) is 1. The summed E-state index contributed by atoms with van der Waals surface area (Å²) >= 11 is 3.34. The summed E-state index contributed by atoms with van der Waals surface area (Å²) in [4.78, 5) is 11.4. The number of amides is 1. The highest BCUT2D eigenvalue weighted by Crippen LogP contribution is 2.21. The molecule has 0 aliphatic heterocycles. The average Bonchev–Trinajstić information content (AvgIpc) is 2.17. The number of halogens is 1. The monoisotopic (exact) mass is 301 g/mol. The Hall–Kier alpha value is -1.23. The Morgan fingerprint density at radius 2 is 2.12 bits per heavy atom. The van der Waals surface area contributed by atoms with Gasteiger partial charge in [-0.25, -0.2) is 4.79 Å². The van der Waals surface area contributed by atoms with Crippen LogP contribution in [0, 0.1) is 0 Å². The van der Waals surface area contributed by atoms with Crippen LogP contribution in [0.4, 0.5) is 4.79 Å². The van der Waals surface area contributed by atoms with Crippen molar-refractivity contribution in [2.45, 2.75) is 32.9 Å². The smallest absolute Gasteiger partial charge is 0.407 e. The largest absolute Gasteiger partial charge is 0.508 e. The number of carbonyl (C=O) groups excluding carboxylic acids is 1. The number of phenols is 1. The Bertz CT molecular complexity index is 413. The maximum Gasteiger partial charge on any atom is 0.407 e. The van der Waals surface area contributed by atoms with Crippen molar-refractivity contribution in [1.82, 2.24) is 5.32 Å². The first-order valence-corrected chi connectivity index (χ1v) is 6.01. The first-order chi connectivity index (χ1) is 7.78. The summed E-state index contributed by atoms with van der Waals surface area (Å²) in [5.41, 5.74) is 0.274. The first kappa shape index (κ1) is 13.8. The van der Waals surface area contributed by atoms with Gasteiger partial charge in [-0.2, -0.15) is 0 Å². The molecule has 5 heteroatoms. The molecule has 1 amide bonds. The average molecular weight is 302 g/mol. The van der Waals surface area contributed by atoms with Gasteiger partial charge < -0.3 is 15.2 Å². The van der Waals surface area contributed by atoms with Gasteiger partial charge in [-0.1, -0.05) is 15.9 Å². The molecule has 4 nitrogen and oxygen atoms in total. The molecule has 2 N–H and O–H groups in total. The molecule has 0 aliphatic rings. The van der Waals surface area contributed by atoms with Gasteiger partial charge in [0.25, 0.3) is 0 Å². The lowest BCUT2D eigenvalue weighted by molar-refractivity contribution is 0.0523. The van der Waals surface area contributed by atoms with E-state index in [1.807, 2.05) is 0 Å². The fraction of sp³-hybridized carbons (Fsp3) is 0.417. The number of carbonyl (C=O) groups is 1. The maximum atomic E-state index is 11.4. The van der Waals surface area contributed by atoms with Gasteiger partial charge in [0.2, 0.25) is 0 Å². The zero-order chi connectivity index (χ0) is 13.1. The highest BCUT2D eigenvalue weighted by molar-refractivity contribution is 9.10. The van der Waals surface area contributed by atoms with Crippen molar-refractivity contribution in [3.05, 3.63) is 28.2 Å². The second-order valence-corrected chi connectivity index (χ2v) is 5.49. The summed E-state index contributed by atoms with van der Waals surface area (Å²) in [6, 6.07) is 4.88.